The number of halogens is 1. The van der Waals surface area contributed by atoms with E-state index in [1.807, 2.05) is 0 Å². The van der Waals surface area contributed by atoms with Crippen molar-refractivity contribution >= 4 is 35.1 Å². The van der Waals surface area contributed by atoms with Gasteiger partial charge in [0.2, 0.25) is 5.91 Å². The number of carbonyl (C=O) groups is 4. The number of hydrogen-bond acceptors (Lipinski definition) is 5. The Morgan fingerprint density at radius 2 is 1.87 bits per heavy atom. The highest BCUT2D eigenvalue weighted by atomic mass is 19.1. The molecule has 30 heavy (non-hydrogen) atoms. The first kappa shape index (κ1) is 21.0. The Balaban J connectivity index is 1.58. The van der Waals surface area contributed by atoms with Crippen molar-refractivity contribution < 1.29 is 28.3 Å². The molecule has 0 saturated heterocycles. The molecule has 1 atom stereocenters. The van der Waals surface area contributed by atoms with Crippen LogP contribution in [-0.4, -0.2) is 42.9 Å². The van der Waals surface area contributed by atoms with Gasteiger partial charge in [-0.1, -0.05) is 24.3 Å². The molecule has 9 heteroatoms. The zero-order valence-corrected chi connectivity index (χ0v) is 16.2. The number of hydrogen-bond donors (Lipinski definition) is 2. The van der Waals surface area contributed by atoms with Crippen molar-refractivity contribution in [2.24, 2.45) is 0 Å². The third kappa shape index (κ3) is 4.80. The van der Waals surface area contributed by atoms with E-state index in [4.69, 9.17) is 4.74 Å². The van der Waals surface area contributed by atoms with Crippen molar-refractivity contribution in [2.75, 3.05) is 23.4 Å². The maximum absolute atomic E-state index is 13.6. The molecule has 1 heterocycles. The number of amides is 3. The highest BCUT2D eigenvalue weighted by molar-refractivity contribution is 6.05. The lowest BCUT2D eigenvalue weighted by atomic mass is 10.1. The topological polar surface area (TPSA) is 105 Å². The number of anilines is 2. The van der Waals surface area contributed by atoms with Crippen molar-refractivity contribution in [1.29, 1.82) is 0 Å². The molecule has 2 aromatic carbocycles. The molecule has 0 fully saturated rings. The fourth-order valence-electron chi connectivity index (χ4n) is 3.12. The van der Waals surface area contributed by atoms with Crippen molar-refractivity contribution in [3.63, 3.8) is 0 Å². The number of carbonyl (C=O) groups excluding carboxylic acids is 4. The third-order valence-electron chi connectivity index (χ3n) is 4.50. The number of nitrogens with one attached hydrogen (secondary N) is 2. The lowest BCUT2D eigenvalue weighted by molar-refractivity contribution is -0.146. The van der Waals surface area contributed by atoms with Gasteiger partial charge in [0.1, 0.15) is 12.4 Å². The Morgan fingerprint density at radius 3 is 2.63 bits per heavy atom. The van der Waals surface area contributed by atoms with Crippen LogP contribution in [0.5, 0.6) is 0 Å². The van der Waals surface area contributed by atoms with Gasteiger partial charge in [0, 0.05) is 12.5 Å². The molecular weight excluding hydrogens is 393 g/mol. The van der Waals surface area contributed by atoms with E-state index in [0.717, 1.165) is 6.07 Å². The minimum atomic E-state index is -0.849. The third-order valence-corrected chi connectivity index (χ3v) is 4.50. The van der Waals surface area contributed by atoms with Crippen LogP contribution in [0, 0.1) is 5.82 Å². The van der Waals surface area contributed by atoms with E-state index in [0.29, 0.717) is 11.4 Å². The zero-order chi connectivity index (χ0) is 21.7. The van der Waals surface area contributed by atoms with Gasteiger partial charge in [0.25, 0.3) is 11.8 Å². The van der Waals surface area contributed by atoms with Gasteiger partial charge in [-0.2, -0.15) is 0 Å². The maximum Gasteiger partial charge on any atom is 0.325 e. The van der Waals surface area contributed by atoms with Gasteiger partial charge < -0.3 is 20.3 Å². The molecule has 0 saturated carbocycles. The second-order valence-corrected chi connectivity index (χ2v) is 6.71. The molecule has 1 aliphatic heterocycles. The monoisotopic (exact) mass is 413 g/mol. The van der Waals surface area contributed by atoms with Crippen LogP contribution in [0.1, 0.15) is 23.7 Å². The highest BCUT2D eigenvalue weighted by Gasteiger charge is 2.30. The van der Waals surface area contributed by atoms with Crippen molar-refractivity contribution in [2.45, 2.75) is 19.4 Å². The molecule has 3 amide bonds. The van der Waals surface area contributed by atoms with E-state index < -0.39 is 42.8 Å². The first-order valence-corrected chi connectivity index (χ1v) is 9.26. The summed E-state index contributed by atoms with van der Waals surface area (Å²) >= 11 is 0. The first-order valence-electron chi connectivity index (χ1n) is 9.26. The molecule has 1 aliphatic rings. The van der Waals surface area contributed by atoms with Crippen molar-refractivity contribution in [3.05, 3.63) is 59.9 Å². The molecule has 2 aromatic rings. The highest BCUT2D eigenvalue weighted by Crippen LogP contribution is 2.31. The van der Waals surface area contributed by atoms with Gasteiger partial charge in [0.05, 0.1) is 16.9 Å². The summed E-state index contributed by atoms with van der Waals surface area (Å²) in [5, 5.41) is 4.99. The fraction of sp³-hybridized carbons (Fsp3) is 0.238. The average molecular weight is 413 g/mol. The second-order valence-electron chi connectivity index (χ2n) is 6.71. The van der Waals surface area contributed by atoms with Crippen LogP contribution in [0.25, 0.3) is 0 Å². The summed E-state index contributed by atoms with van der Waals surface area (Å²) in [6, 6.07) is 11.7. The number of benzene rings is 2. The summed E-state index contributed by atoms with van der Waals surface area (Å²) in [7, 11) is 0. The molecule has 0 bridgehead atoms. The molecule has 0 spiro atoms. The van der Waals surface area contributed by atoms with Gasteiger partial charge in [-0.15, -0.1) is 0 Å². The van der Waals surface area contributed by atoms with Crippen molar-refractivity contribution in [3.8, 4) is 0 Å². The lowest BCUT2D eigenvalue weighted by Crippen LogP contribution is -2.42. The van der Waals surface area contributed by atoms with E-state index in [1.165, 1.54) is 23.1 Å². The molecule has 0 radical (unpaired) electrons. The minimum absolute atomic E-state index is 0.0903. The predicted octanol–water partition coefficient (Wildman–Crippen LogP) is 1.86. The molecule has 0 aliphatic carbocycles. The van der Waals surface area contributed by atoms with Gasteiger partial charge in [-0.05, 0) is 31.2 Å². The summed E-state index contributed by atoms with van der Waals surface area (Å²) < 4.78 is 18.5. The summed E-state index contributed by atoms with van der Waals surface area (Å²) in [4.78, 5) is 50.0. The molecule has 3 rings (SSSR count). The number of esters is 1. The standard InChI is InChI=1S/C21H20FN3O5/c1-13-10-18(26)24-16-8-4-5-9-17(16)25(13)19(27)12-30-20(28)11-23-21(29)14-6-2-3-7-15(14)22/h2-9,13H,10-12H2,1H3,(H,23,29)(H,24,26)/t13-/m0/s1. The number of nitrogens with zero attached hydrogens (tertiary/aromatic N) is 1. The Hall–Kier alpha value is -3.75. The number of rotatable bonds is 5. The molecular formula is C21H20FN3O5. The Bertz CT molecular complexity index is 994. The normalized spacial score (nSPS) is 15.5. The Kier molecular flexibility index (Phi) is 6.41. The van der Waals surface area contributed by atoms with Crippen LogP contribution in [0.4, 0.5) is 15.8 Å². The average Bonchev–Trinajstić information content (AvgIpc) is 2.84. The second kappa shape index (κ2) is 9.17. The summed E-state index contributed by atoms with van der Waals surface area (Å²) in [5.41, 5.74) is 0.793. The molecule has 156 valence electrons. The van der Waals surface area contributed by atoms with E-state index in [1.54, 1.807) is 31.2 Å². The minimum Gasteiger partial charge on any atom is -0.454 e. The van der Waals surface area contributed by atoms with E-state index in [-0.39, 0.29) is 17.9 Å². The lowest BCUT2D eigenvalue weighted by Gasteiger charge is -2.27. The van der Waals surface area contributed by atoms with Gasteiger partial charge in [0.15, 0.2) is 6.61 Å². The van der Waals surface area contributed by atoms with Gasteiger partial charge in [-0.3, -0.25) is 19.2 Å². The molecule has 0 unspecified atom stereocenters. The van der Waals surface area contributed by atoms with Crippen LogP contribution >= 0.6 is 0 Å². The smallest absolute Gasteiger partial charge is 0.325 e. The summed E-state index contributed by atoms with van der Waals surface area (Å²) in [5.74, 6) is -3.07. The largest absolute Gasteiger partial charge is 0.454 e. The van der Waals surface area contributed by atoms with Crippen LogP contribution < -0.4 is 15.5 Å². The first-order chi connectivity index (χ1) is 14.4. The molecule has 0 aromatic heterocycles. The SMILES string of the molecule is C[C@H]1CC(=O)Nc2ccccc2N1C(=O)COC(=O)CNC(=O)c1ccccc1F. The summed E-state index contributed by atoms with van der Waals surface area (Å²) in [6.07, 6.45) is 0.0903. The number of fused-ring (bicyclic) bond motifs is 1. The van der Waals surface area contributed by atoms with Crippen molar-refractivity contribution in [1.82, 2.24) is 5.32 Å². The quantitative estimate of drug-likeness (QED) is 0.728. The van der Waals surface area contributed by atoms with Gasteiger partial charge in [-0.25, -0.2) is 4.39 Å². The predicted molar refractivity (Wildman–Crippen MR) is 106 cm³/mol. The van der Waals surface area contributed by atoms with Crippen LogP contribution in [0.3, 0.4) is 0 Å². The number of para-hydroxylation sites is 2. The fourth-order valence-corrected chi connectivity index (χ4v) is 3.12. The van der Waals surface area contributed by atoms with Crippen LogP contribution in [0.2, 0.25) is 0 Å². The van der Waals surface area contributed by atoms with Crippen LogP contribution in [-0.2, 0) is 19.1 Å². The Labute approximate surface area is 172 Å². The molecule has 2 N–H and O–H groups in total. The number of ether oxygens (including phenoxy) is 1. The molecule has 8 nitrogen and oxygen atoms in total. The van der Waals surface area contributed by atoms with Crippen LogP contribution in [0.15, 0.2) is 48.5 Å². The Morgan fingerprint density at radius 1 is 1.17 bits per heavy atom. The van der Waals surface area contributed by atoms with Gasteiger partial charge >= 0.3 is 5.97 Å². The van der Waals surface area contributed by atoms with E-state index in [2.05, 4.69) is 10.6 Å². The maximum atomic E-state index is 13.6. The summed E-state index contributed by atoms with van der Waals surface area (Å²) in [6.45, 7) is 0.629. The zero-order valence-electron chi connectivity index (χ0n) is 16.2. The van der Waals surface area contributed by atoms with E-state index >= 15 is 0 Å². The van der Waals surface area contributed by atoms with E-state index in [9.17, 15) is 23.6 Å².